The summed E-state index contributed by atoms with van der Waals surface area (Å²) in [7, 11) is -1.73. The highest BCUT2D eigenvalue weighted by molar-refractivity contribution is 7.90. The Morgan fingerprint density at radius 2 is 2.50 bits per heavy atom. The standard InChI is InChI=1S/C5H12O5PS/c1-8-11(6)9-3-5(10-11)4-12(2)7/h5-6H,3-4H2,1-2H3. The molecular weight excluding hydrogens is 203 g/mol. The number of rotatable bonds is 3. The van der Waals surface area contributed by atoms with Crippen LogP contribution < -0.4 is 0 Å². The third-order valence-corrected chi connectivity index (χ3v) is 3.70. The van der Waals surface area contributed by atoms with Crippen molar-refractivity contribution in [3.63, 3.8) is 0 Å². The lowest BCUT2D eigenvalue weighted by molar-refractivity contribution is 0.172. The maximum absolute atomic E-state index is 10.8. The minimum atomic E-state index is -3.05. The molecule has 3 atom stereocenters. The van der Waals surface area contributed by atoms with Crippen LogP contribution in [0, 0.1) is 0 Å². The summed E-state index contributed by atoms with van der Waals surface area (Å²) in [5, 5.41) is 0. The van der Waals surface area contributed by atoms with Gasteiger partial charge in [0.25, 0.3) is 0 Å². The fourth-order valence-electron chi connectivity index (χ4n) is 0.863. The zero-order valence-electron chi connectivity index (χ0n) is 6.93. The second kappa shape index (κ2) is 4.19. The van der Waals surface area contributed by atoms with Gasteiger partial charge in [-0.2, -0.15) is 0 Å². The van der Waals surface area contributed by atoms with Crippen LogP contribution in [0.1, 0.15) is 0 Å². The van der Waals surface area contributed by atoms with Crippen LogP contribution in [0.25, 0.3) is 0 Å². The first-order valence-corrected chi connectivity index (χ1v) is 6.58. The van der Waals surface area contributed by atoms with Gasteiger partial charge in [0.05, 0.1) is 12.9 Å². The molecule has 0 aliphatic carbocycles. The van der Waals surface area contributed by atoms with Crippen LogP contribution in [-0.4, -0.2) is 41.3 Å². The summed E-state index contributed by atoms with van der Waals surface area (Å²) in [6.45, 7) is 0.248. The third-order valence-electron chi connectivity index (χ3n) is 1.36. The summed E-state index contributed by atoms with van der Waals surface area (Å²) in [5.41, 5.74) is 0. The van der Waals surface area contributed by atoms with Crippen LogP contribution in [0.4, 0.5) is 0 Å². The van der Waals surface area contributed by atoms with Gasteiger partial charge in [-0.25, -0.2) is 0 Å². The molecule has 0 saturated carbocycles. The van der Waals surface area contributed by atoms with Gasteiger partial charge in [-0.15, -0.1) is 0 Å². The fraction of sp³-hybridized carbons (Fsp3) is 1.00. The summed E-state index contributed by atoms with van der Waals surface area (Å²) in [5.74, 6) is 0.367. The lowest BCUT2D eigenvalue weighted by Gasteiger charge is -2.18. The quantitative estimate of drug-likeness (QED) is 0.534. The summed E-state index contributed by atoms with van der Waals surface area (Å²) < 4.78 is 25.3. The molecule has 1 N–H and O–H groups in total. The van der Waals surface area contributed by atoms with Gasteiger partial charge in [-0.05, 0) is 0 Å². The fourth-order valence-corrected chi connectivity index (χ4v) is 2.77. The van der Waals surface area contributed by atoms with Crippen molar-refractivity contribution in [1.29, 1.82) is 0 Å². The van der Waals surface area contributed by atoms with Gasteiger partial charge in [0.1, 0.15) is 11.9 Å². The normalized spacial score (nSPS) is 38.5. The van der Waals surface area contributed by atoms with Crippen LogP contribution in [0.15, 0.2) is 0 Å². The molecule has 3 unspecified atom stereocenters. The molecule has 1 fully saturated rings. The van der Waals surface area contributed by atoms with Crippen LogP contribution in [0.2, 0.25) is 0 Å². The van der Waals surface area contributed by atoms with Crippen molar-refractivity contribution in [1.82, 2.24) is 0 Å². The minimum Gasteiger partial charge on any atom is -0.616 e. The van der Waals surface area contributed by atoms with E-state index in [1.807, 2.05) is 0 Å². The predicted molar refractivity (Wildman–Crippen MR) is 45.9 cm³/mol. The van der Waals surface area contributed by atoms with Crippen LogP contribution in [0.5, 0.6) is 0 Å². The summed E-state index contributed by atoms with van der Waals surface area (Å²) in [6, 6.07) is 0. The van der Waals surface area contributed by atoms with Crippen molar-refractivity contribution in [2.45, 2.75) is 6.10 Å². The Hall–Kier alpha value is 0.580. The van der Waals surface area contributed by atoms with Crippen molar-refractivity contribution >= 4 is 19.3 Å². The van der Waals surface area contributed by atoms with E-state index in [1.54, 1.807) is 6.26 Å². The summed E-state index contributed by atoms with van der Waals surface area (Å²) in [4.78, 5) is 9.33. The lowest BCUT2D eigenvalue weighted by atomic mass is 10.4. The highest BCUT2D eigenvalue weighted by atomic mass is 32.2. The largest absolute Gasteiger partial charge is 0.616 e. The zero-order chi connectivity index (χ0) is 9.19. The van der Waals surface area contributed by atoms with E-state index >= 15 is 0 Å². The maximum Gasteiger partial charge on any atom is 0.378 e. The van der Waals surface area contributed by atoms with E-state index in [0.29, 0.717) is 5.75 Å². The first-order valence-electron chi connectivity index (χ1n) is 3.36. The van der Waals surface area contributed by atoms with Gasteiger partial charge < -0.3 is 14.0 Å². The van der Waals surface area contributed by atoms with Gasteiger partial charge in [-0.3, -0.25) is 9.05 Å². The van der Waals surface area contributed by atoms with Crippen molar-refractivity contribution in [2.24, 2.45) is 0 Å². The molecule has 1 heterocycles. The first-order chi connectivity index (χ1) is 5.56. The van der Waals surface area contributed by atoms with Crippen molar-refractivity contribution in [3.05, 3.63) is 0 Å². The van der Waals surface area contributed by atoms with Crippen molar-refractivity contribution in [3.8, 4) is 0 Å². The van der Waals surface area contributed by atoms with Crippen LogP contribution in [-0.2, 0) is 24.7 Å². The van der Waals surface area contributed by atoms with E-state index < -0.39 is 19.3 Å². The Balaban J connectivity index is 2.35. The molecule has 0 aromatic heterocycles. The summed E-state index contributed by atoms with van der Waals surface area (Å²) in [6.07, 6.45) is 1.26. The molecule has 1 radical (unpaired) electrons. The zero-order valence-corrected chi connectivity index (χ0v) is 8.64. The Kier molecular flexibility index (Phi) is 3.73. The maximum atomic E-state index is 10.8. The highest BCUT2D eigenvalue weighted by Gasteiger charge is 2.41. The molecule has 1 aliphatic heterocycles. The molecule has 0 spiro atoms. The lowest BCUT2D eigenvalue weighted by Crippen LogP contribution is -2.21. The van der Waals surface area contributed by atoms with E-state index in [1.165, 1.54) is 7.11 Å². The number of hydrogen-bond acceptors (Lipinski definition) is 5. The third kappa shape index (κ3) is 2.81. The van der Waals surface area contributed by atoms with Gasteiger partial charge in [0.2, 0.25) is 0 Å². The smallest absolute Gasteiger partial charge is 0.378 e. The van der Waals surface area contributed by atoms with E-state index in [0.717, 1.165) is 0 Å². The summed E-state index contributed by atoms with van der Waals surface area (Å²) >= 11 is -0.944. The molecule has 5 nitrogen and oxygen atoms in total. The van der Waals surface area contributed by atoms with E-state index in [-0.39, 0.29) is 12.7 Å². The Morgan fingerprint density at radius 1 is 1.83 bits per heavy atom. The molecule has 7 heteroatoms. The molecule has 1 rings (SSSR count). The average molecular weight is 215 g/mol. The Morgan fingerprint density at radius 3 is 2.92 bits per heavy atom. The second-order valence-corrected chi connectivity index (χ2v) is 5.67. The molecule has 1 saturated heterocycles. The second-order valence-electron chi connectivity index (χ2n) is 2.41. The Bertz CT molecular complexity index is 157. The molecule has 0 amide bonds. The van der Waals surface area contributed by atoms with Crippen LogP contribution in [0.3, 0.4) is 0 Å². The van der Waals surface area contributed by atoms with E-state index in [2.05, 4.69) is 4.52 Å². The van der Waals surface area contributed by atoms with E-state index in [9.17, 15) is 9.45 Å². The van der Waals surface area contributed by atoms with E-state index in [4.69, 9.17) is 9.05 Å². The average Bonchev–Trinajstić information content (AvgIpc) is 2.32. The van der Waals surface area contributed by atoms with Gasteiger partial charge in [-0.1, -0.05) is 11.2 Å². The van der Waals surface area contributed by atoms with Gasteiger partial charge in [0.15, 0.2) is 0 Å². The van der Waals surface area contributed by atoms with Crippen molar-refractivity contribution in [2.75, 3.05) is 25.7 Å². The van der Waals surface area contributed by atoms with Crippen molar-refractivity contribution < 1.29 is 23.0 Å². The highest BCUT2D eigenvalue weighted by Crippen LogP contribution is 2.62. The molecule has 0 bridgehead atoms. The molecular formula is C5H12O5PS. The molecule has 1 aliphatic rings. The molecule has 0 aromatic rings. The van der Waals surface area contributed by atoms with Gasteiger partial charge in [0, 0.05) is 7.11 Å². The molecule has 12 heavy (non-hydrogen) atoms. The monoisotopic (exact) mass is 215 g/mol. The SMILES string of the molecule is CO[P]1(O)OCC(C[S+](C)[O-])O1. The van der Waals surface area contributed by atoms with Crippen LogP contribution >= 0.6 is 8.17 Å². The topological polar surface area (TPSA) is 71.0 Å². The molecule has 0 aromatic carbocycles. The first kappa shape index (κ1) is 10.7. The predicted octanol–water partition coefficient (Wildman–Crippen LogP) is 0.0966. The Labute approximate surface area is 74.9 Å². The number of hydrogen-bond donors (Lipinski definition) is 1. The van der Waals surface area contributed by atoms with Gasteiger partial charge >= 0.3 is 8.17 Å². The molecule has 73 valence electrons. The minimum absolute atomic E-state index is 0.248.